The highest BCUT2D eigenvalue weighted by Crippen LogP contribution is 2.53. The molecule has 6 nitrogen and oxygen atoms in total. The number of benzene rings is 3. The molecule has 3 aromatic rings. The van der Waals surface area contributed by atoms with Crippen molar-refractivity contribution < 1.29 is 23.1 Å². The number of hydrogen-bond donors (Lipinski definition) is 1. The van der Waals surface area contributed by atoms with Crippen molar-refractivity contribution in [1.82, 2.24) is 4.90 Å². The highest BCUT2D eigenvalue weighted by Gasteiger charge is 2.60. The maximum Gasteiger partial charge on any atom is 0.338 e. The number of likely N-dealkylation sites (tertiary alicyclic amines) is 1. The molecule has 1 N–H and O–H groups in total. The lowest BCUT2D eigenvalue weighted by Crippen LogP contribution is -2.49. The summed E-state index contributed by atoms with van der Waals surface area (Å²) >= 11 is 12.2. The number of esters is 1. The van der Waals surface area contributed by atoms with Gasteiger partial charge in [0.1, 0.15) is 17.0 Å². The zero-order valence-corrected chi connectivity index (χ0v) is 25.2. The number of halogens is 4. The summed E-state index contributed by atoms with van der Waals surface area (Å²) in [5.41, 5.74) is -1.29. The molecule has 1 aliphatic heterocycles. The summed E-state index contributed by atoms with van der Waals surface area (Å²) < 4.78 is 36.3. The first kappa shape index (κ1) is 31.3. The van der Waals surface area contributed by atoms with Crippen LogP contribution in [0.25, 0.3) is 0 Å². The zero-order chi connectivity index (χ0) is 30.8. The van der Waals surface area contributed by atoms with Crippen LogP contribution < -0.4 is 5.32 Å². The fraction of sp³-hybridized carbons (Fsp3) is 0.344. The average molecular weight is 615 g/mol. The van der Waals surface area contributed by atoms with Gasteiger partial charge in [0.05, 0.1) is 29.3 Å². The molecule has 0 aromatic heterocycles. The molecular weight excluding hydrogens is 583 g/mol. The maximum absolute atomic E-state index is 15.7. The van der Waals surface area contributed by atoms with Gasteiger partial charge in [0.25, 0.3) is 0 Å². The first-order valence-electron chi connectivity index (χ1n) is 13.5. The third kappa shape index (κ3) is 6.08. The summed E-state index contributed by atoms with van der Waals surface area (Å²) in [4.78, 5) is 27.4. The SMILES string of the molecule is CCOC(=O)c1ccc(NC(=O)N2C[C@H](c3cccc(Cl)c3F)[C@@](C#N)(c3ccc(Cl)cc3F)[C@@H]2CC(C)(C)C)cc1. The van der Waals surface area contributed by atoms with E-state index in [4.69, 9.17) is 27.9 Å². The molecule has 2 amide bonds. The number of nitriles is 1. The van der Waals surface area contributed by atoms with Gasteiger partial charge in [-0.2, -0.15) is 5.26 Å². The Morgan fingerprint density at radius 3 is 2.40 bits per heavy atom. The van der Waals surface area contributed by atoms with Gasteiger partial charge in [0.15, 0.2) is 0 Å². The number of nitrogens with zero attached hydrogens (tertiary/aromatic N) is 2. The molecule has 0 bridgehead atoms. The van der Waals surface area contributed by atoms with Crippen molar-refractivity contribution in [3.05, 3.63) is 99.0 Å². The number of carbonyl (C=O) groups is 2. The predicted molar refractivity (Wildman–Crippen MR) is 159 cm³/mol. The first-order valence-corrected chi connectivity index (χ1v) is 14.2. The minimum absolute atomic E-state index is 0.0158. The van der Waals surface area contributed by atoms with Gasteiger partial charge in [0.2, 0.25) is 0 Å². The Balaban J connectivity index is 1.85. The fourth-order valence-corrected chi connectivity index (χ4v) is 6.00. The van der Waals surface area contributed by atoms with Crippen LogP contribution in [0, 0.1) is 28.4 Å². The van der Waals surface area contributed by atoms with Crippen molar-refractivity contribution >= 4 is 40.9 Å². The van der Waals surface area contributed by atoms with Gasteiger partial charge in [0, 0.05) is 28.7 Å². The van der Waals surface area contributed by atoms with E-state index in [2.05, 4.69) is 11.4 Å². The lowest BCUT2D eigenvalue weighted by atomic mass is 9.64. The molecular formula is C32H31Cl2F2N3O3. The lowest BCUT2D eigenvalue weighted by molar-refractivity contribution is 0.0526. The predicted octanol–water partition coefficient (Wildman–Crippen LogP) is 8.35. The second-order valence-corrected chi connectivity index (χ2v) is 12.3. The average Bonchev–Trinajstić information content (AvgIpc) is 3.23. The fourth-order valence-electron chi connectivity index (χ4n) is 5.66. The molecule has 10 heteroatoms. The van der Waals surface area contributed by atoms with E-state index >= 15 is 8.78 Å². The molecule has 0 saturated carbocycles. The van der Waals surface area contributed by atoms with E-state index in [-0.39, 0.29) is 40.7 Å². The van der Waals surface area contributed by atoms with Crippen molar-refractivity contribution in [2.45, 2.75) is 51.5 Å². The monoisotopic (exact) mass is 613 g/mol. The molecule has 3 aromatic carbocycles. The molecule has 1 heterocycles. The highest BCUT2D eigenvalue weighted by molar-refractivity contribution is 6.31. The number of rotatable bonds is 6. The molecule has 0 unspecified atom stereocenters. The van der Waals surface area contributed by atoms with Gasteiger partial charge in [-0.1, -0.05) is 62.2 Å². The normalized spacial score (nSPS) is 20.2. The number of anilines is 1. The smallest absolute Gasteiger partial charge is 0.338 e. The number of ether oxygens (including phenoxy) is 1. The van der Waals surface area contributed by atoms with Crippen LogP contribution in [0.1, 0.15) is 61.5 Å². The van der Waals surface area contributed by atoms with Gasteiger partial charge < -0.3 is 15.0 Å². The molecule has 1 aliphatic rings. The van der Waals surface area contributed by atoms with E-state index in [1.165, 1.54) is 41.3 Å². The van der Waals surface area contributed by atoms with E-state index in [0.29, 0.717) is 11.3 Å². The second-order valence-electron chi connectivity index (χ2n) is 11.5. The molecule has 0 radical (unpaired) electrons. The molecule has 0 aliphatic carbocycles. The summed E-state index contributed by atoms with van der Waals surface area (Å²) in [6.07, 6.45) is 0.288. The number of hydrogen-bond acceptors (Lipinski definition) is 4. The molecule has 0 spiro atoms. The third-order valence-corrected chi connectivity index (χ3v) is 7.99. The Bertz CT molecular complexity index is 1540. The summed E-state index contributed by atoms with van der Waals surface area (Å²) in [6.45, 7) is 7.68. The largest absolute Gasteiger partial charge is 0.462 e. The lowest BCUT2D eigenvalue weighted by Gasteiger charge is -2.39. The van der Waals surface area contributed by atoms with Crippen LogP contribution in [-0.2, 0) is 10.2 Å². The Kier molecular flexibility index (Phi) is 9.15. The molecule has 1 saturated heterocycles. The van der Waals surface area contributed by atoms with Gasteiger partial charge >= 0.3 is 12.0 Å². The summed E-state index contributed by atoms with van der Waals surface area (Å²) in [5.74, 6) is -2.92. The van der Waals surface area contributed by atoms with E-state index < -0.39 is 46.4 Å². The summed E-state index contributed by atoms with van der Waals surface area (Å²) in [7, 11) is 0. The van der Waals surface area contributed by atoms with Crippen LogP contribution in [0.15, 0.2) is 60.7 Å². The Morgan fingerprint density at radius 1 is 1.12 bits per heavy atom. The van der Waals surface area contributed by atoms with Crippen molar-refractivity contribution in [2.24, 2.45) is 5.41 Å². The number of urea groups is 1. The van der Waals surface area contributed by atoms with Crippen LogP contribution >= 0.6 is 23.2 Å². The van der Waals surface area contributed by atoms with Gasteiger partial charge in [-0.25, -0.2) is 18.4 Å². The summed E-state index contributed by atoms with van der Waals surface area (Å²) in [6, 6.07) is 15.6. The van der Waals surface area contributed by atoms with Gasteiger partial charge in [-0.15, -0.1) is 0 Å². The van der Waals surface area contributed by atoms with E-state index in [0.717, 1.165) is 6.07 Å². The van der Waals surface area contributed by atoms with Crippen LogP contribution in [0.5, 0.6) is 0 Å². The van der Waals surface area contributed by atoms with E-state index in [1.807, 2.05) is 20.8 Å². The maximum atomic E-state index is 15.7. The first-order chi connectivity index (χ1) is 19.8. The van der Waals surface area contributed by atoms with Crippen molar-refractivity contribution in [3.63, 3.8) is 0 Å². The Hall–Kier alpha value is -3.67. The molecule has 3 atom stereocenters. The highest BCUT2D eigenvalue weighted by atomic mass is 35.5. The molecule has 42 heavy (non-hydrogen) atoms. The van der Waals surface area contributed by atoms with Crippen LogP contribution in [0.3, 0.4) is 0 Å². The Morgan fingerprint density at radius 2 is 1.81 bits per heavy atom. The van der Waals surface area contributed by atoms with Crippen molar-refractivity contribution in [2.75, 3.05) is 18.5 Å². The van der Waals surface area contributed by atoms with E-state index in [9.17, 15) is 14.9 Å². The second kappa shape index (κ2) is 12.3. The van der Waals surface area contributed by atoms with E-state index in [1.54, 1.807) is 25.1 Å². The molecule has 4 rings (SSSR count). The number of amides is 2. The minimum atomic E-state index is -1.70. The topological polar surface area (TPSA) is 82.4 Å². The minimum Gasteiger partial charge on any atom is -0.462 e. The third-order valence-electron chi connectivity index (χ3n) is 7.46. The van der Waals surface area contributed by atoms with Crippen molar-refractivity contribution in [1.29, 1.82) is 5.26 Å². The molecule has 220 valence electrons. The quantitative estimate of drug-likeness (QED) is 0.283. The van der Waals surface area contributed by atoms with Gasteiger partial charge in [-0.05, 0) is 66.8 Å². The molecule has 1 fully saturated rings. The zero-order valence-electron chi connectivity index (χ0n) is 23.7. The Labute approximate surface area is 254 Å². The number of carbonyl (C=O) groups excluding carboxylic acids is 2. The van der Waals surface area contributed by atoms with Gasteiger partial charge in [-0.3, -0.25) is 0 Å². The van der Waals surface area contributed by atoms with Crippen molar-refractivity contribution in [3.8, 4) is 6.07 Å². The standard InChI is InChI=1S/C32H31Cl2F2N3O3/c1-5-42-29(40)19-9-12-21(13-10-19)38-30(41)39-17-24(22-7-6-8-25(34)28(22)36)32(18-37,27(39)16-31(2,3)4)23-14-11-20(33)15-26(23)35/h6-15,24,27H,5,16-17H2,1-4H3,(H,38,41)/t24-,27+,32-/m1/s1. The van der Waals surface area contributed by atoms with Crippen LogP contribution in [0.2, 0.25) is 10.0 Å². The summed E-state index contributed by atoms with van der Waals surface area (Å²) in [5, 5.41) is 13.7. The number of nitrogens with one attached hydrogen (secondary N) is 1. The van der Waals surface area contributed by atoms with Crippen LogP contribution in [0.4, 0.5) is 19.3 Å². The van der Waals surface area contributed by atoms with Crippen LogP contribution in [-0.4, -0.2) is 36.1 Å².